The molecule has 0 amide bonds. The van der Waals surface area contributed by atoms with Crippen molar-refractivity contribution in [2.24, 2.45) is 5.92 Å². The maximum atomic E-state index is 9.01. The number of anilines is 1. The molecule has 1 heterocycles. The average Bonchev–Trinajstić information content (AvgIpc) is 2.48. The summed E-state index contributed by atoms with van der Waals surface area (Å²) in [6.07, 6.45) is 3.73. The van der Waals surface area contributed by atoms with Crippen molar-refractivity contribution in [2.75, 3.05) is 31.1 Å². The van der Waals surface area contributed by atoms with Crippen LogP contribution in [0.1, 0.15) is 31.7 Å². The molecule has 1 saturated heterocycles. The fourth-order valence-corrected chi connectivity index (χ4v) is 3.23. The van der Waals surface area contributed by atoms with Gasteiger partial charge in [-0.05, 0) is 72.4 Å². The molecule has 1 fully saturated rings. The molecule has 2 rings (SSSR count). The van der Waals surface area contributed by atoms with E-state index in [1.807, 2.05) is 6.07 Å². The molecule has 1 aromatic carbocycles. The second-order valence-corrected chi connectivity index (χ2v) is 6.29. The van der Waals surface area contributed by atoms with Crippen LogP contribution in [0.4, 0.5) is 5.69 Å². The van der Waals surface area contributed by atoms with Gasteiger partial charge in [-0.3, -0.25) is 0 Å². The monoisotopic (exact) mass is 335 g/mol. The summed E-state index contributed by atoms with van der Waals surface area (Å²) in [5, 5.41) is 12.5. The van der Waals surface area contributed by atoms with Crippen molar-refractivity contribution in [3.8, 4) is 6.07 Å². The number of halogens is 1. The van der Waals surface area contributed by atoms with E-state index in [0.717, 1.165) is 43.0 Å². The molecule has 3 nitrogen and oxygen atoms in total. The lowest BCUT2D eigenvalue weighted by Gasteiger charge is -2.31. The van der Waals surface area contributed by atoms with E-state index in [-0.39, 0.29) is 0 Å². The highest BCUT2D eigenvalue weighted by Gasteiger charge is 2.17. The number of benzene rings is 1. The lowest BCUT2D eigenvalue weighted by atomic mass is 9.98. The van der Waals surface area contributed by atoms with E-state index in [9.17, 15) is 0 Å². The Hall–Kier alpha value is -1.05. The maximum absolute atomic E-state index is 9.01. The Labute approximate surface area is 130 Å². The summed E-state index contributed by atoms with van der Waals surface area (Å²) >= 11 is 3.49. The van der Waals surface area contributed by atoms with Crippen LogP contribution < -0.4 is 10.2 Å². The van der Waals surface area contributed by atoms with E-state index in [0.29, 0.717) is 5.56 Å². The van der Waals surface area contributed by atoms with E-state index < -0.39 is 0 Å². The molecule has 1 aliphatic rings. The van der Waals surface area contributed by atoms with Gasteiger partial charge in [0.2, 0.25) is 0 Å². The molecule has 1 unspecified atom stereocenters. The summed E-state index contributed by atoms with van der Waals surface area (Å²) in [5.74, 6) is 0.727. The summed E-state index contributed by atoms with van der Waals surface area (Å²) in [6.45, 7) is 6.66. The molecule has 0 spiro atoms. The van der Waals surface area contributed by atoms with Crippen molar-refractivity contribution < 1.29 is 0 Å². The van der Waals surface area contributed by atoms with Crippen molar-refractivity contribution in [1.82, 2.24) is 5.32 Å². The lowest BCUT2D eigenvalue weighted by molar-refractivity contribution is 0.376. The van der Waals surface area contributed by atoms with Crippen LogP contribution >= 0.6 is 15.9 Å². The van der Waals surface area contributed by atoms with Crippen molar-refractivity contribution in [3.63, 3.8) is 0 Å². The fraction of sp³-hybridized carbons (Fsp3) is 0.562. The van der Waals surface area contributed by atoms with Crippen molar-refractivity contribution >= 4 is 21.6 Å². The van der Waals surface area contributed by atoms with Gasteiger partial charge >= 0.3 is 0 Å². The first-order chi connectivity index (χ1) is 9.74. The number of nitrogens with one attached hydrogen (secondary N) is 1. The third-order valence-electron chi connectivity index (χ3n) is 3.81. The second-order valence-electron chi connectivity index (χ2n) is 5.43. The van der Waals surface area contributed by atoms with E-state index >= 15 is 0 Å². The first-order valence-corrected chi connectivity index (χ1v) is 8.19. The van der Waals surface area contributed by atoms with Gasteiger partial charge in [-0.1, -0.05) is 6.92 Å². The number of hydrogen-bond acceptors (Lipinski definition) is 3. The molecular formula is C16H22BrN3. The molecule has 1 aromatic rings. The van der Waals surface area contributed by atoms with Crippen LogP contribution in [0, 0.1) is 17.2 Å². The summed E-state index contributed by atoms with van der Waals surface area (Å²) in [6, 6.07) is 8.24. The Morgan fingerprint density at radius 3 is 2.95 bits per heavy atom. The van der Waals surface area contributed by atoms with Crippen LogP contribution in [0.25, 0.3) is 0 Å². The zero-order valence-corrected chi connectivity index (χ0v) is 13.6. The van der Waals surface area contributed by atoms with Crippen LogP contribution in [0.2, 0.25) is 0 Å². The van der Waals surface area contributed by atoms with Gasteiger partial charge in [0.05, 0.1) is 5.56 Å². The molecule has 0 aliphatic carbocycles. The van der Waals surface area contributed by atoms with Crippen molar-refractivity contribution in [3.05, 3.63) is 28.2 Å². The van der Waals surface area contributed by atoms with Gasteiger partial charge in [0.15, 0.2) is 0 Å². The molecule has 108 valence electrons. The van der Waals surface area contributed by atoms with Gasteiger partial charge < -0.3 is 10.2 Å². The SMILES string of the molecule is CCCN(CC1CCCNC1)c1ccc(C#N)c(Br)c1. The highest BCUT2D eigenvalue weighted by Crippen LogP contribution is 2.25. The number of piperidine rings is 1. The number of nitrogens with zero attached hydrogens (tertiary/aromatic N) is 2. The zero-order valence-electron chi connectivity index (χ0n) is 12.0. The van der Waals surface area contributed by atoms with Crippen LogP contribution in [-0.2, 0) is 0 Å². The van der Waals surface area contributed by atoms with E-state index in [4.69, 9.17) is 5.26 Å². The van der Waals surface area contributed by atoms with Crippen molar-refractivity contribution in [1.29, 1.82) is 5.26 Å². The third kappa shape index (κ3) is 3.97. The molecule has 1 atom stereocenters. The highest BCUT2D eigenvalue weighted by molar-refractivity contribution is 9.10. The van der Waals surface area contributed by atoms with E-state index in [1.165, 1.54) is 18.5 Å². The summed E-state index contributed by atoms with van der Waals surface area (Å²) in [7, 11) is 0. The summed E-state index contributed by atoms with van der Waals surface area (Å²) in [5.41, 5.74) is 1.91. The Balaban J connectivity index is 2.10. The predicted molar refractivity (Wildman–Crippen MR) is 87.0 cm³/mol. The third-order valence-corrected chi connectivity index (χ3v) is 4.47. The first kappa shape index (κ1) is 15.3. The second kappa shape index (κ2) is 7.66. The molecule has 4 heteroatoms. The molecule has 20 heavy (non-hydrogen) atoms. The van der Waals surface area contributed by atoms with Gasteiger partial charge in [0.1, 0.15) is 6.07 Å². The van der Waals surface area contributed by atoms with Crippen LogP contribution in [0.15, 0.2) is 22.7 Å². The predicted octanol–water partition coefficient (Wildman–Crippen LogP) is 3.54. The van der Waals surface area contributed by atoms with Gasteiger partial charge in [-0.2, -0.15) is 5.26 Å². The fourth-order valence-electron chi connectivity index (χ4n) is 2.78. The van der Waals surface area contributed by atoms with Crippen LogP contribution in [-0.4, -0.2) is 26.2 Å². The highest BCUT2D eigenvalue weighted by atomic mass is 79.9. The Bertz CT molecular complexity index is 475. The molecule has 1 N–H and O–H groups in total. The maximum Gasteiger partial charge on any atom is 0.100 e. The van der Waals surface area contributed by atoms with Gasteiger partial charge in [-0.15, -0.1) is 0 Å². The lowest BCUT2D eigenvalue weighted by Crippen LogP contribution is -2.38. The summed E-state index contributed by atoms with van der Waals surface area (Å²) in [4.78, 5) is 2.45. The minimum atomic E-state index is 0.699. The molecule has 1 aliphatic heterocycles. The van der Waals surface area contributed by atoms with E-state index in [1.54, 1.807) is 0 Å². The first-order valence-electron chi connectivity index (χ1n) is 7.40. The molecule has 0 saturated carbocycles. The largest absolute Gasteiger partial charge is 0.371 e. The normalized spacial score (nSPS) is 18.6. The summed E-state index contributed by atoms with van der Waals surface area (Å²) < 4.78 is 0.889. The Morgan fingerprint density at radius 2 is 2.35 bits per heavy atom. The standard InChI is InChI=1S/C16H22BrN3/c1-2-8-20(12-13-4-3-7-19-11-13)15-6-5-14(10-18)16(17)9-15/h5-6,9,13,19H,2-4,7-8,11-12H2,1H3. The topological polar surface area (TPSA) is 39.1 Å². The number of nitriles is 1. The molecule has 0 radical (unpaired) electrons. The minimum absolute atomic E-state index is 0.699. The smallest absolute Gasteiger partial charge is 0.100 e. The van der Waals surface area contributed by atoms with Crippen LogP contribution in [0.5, 0.6) is 0 Å². The Morgan fingerprint density at radius 1 is 1.50 bits per heavy atom. The zero-order chi connectivity index (χ0) is 14.4. The molecule has 0 aromatic heterocycles. The average molecular weight is 336 g/mol. The minimum Gasteiger partial charge on any atom is -0.371 e. The van der Waals surface area contributed by atoms with Crippen LogP contribution in [0.3, 0.4) is 0 Å². The van der Waals surface area contributed by atoms with E-state index in [2.05, 4.69) is 51.3 Å². The number of hydrogen-bond donors (Lipinski definition) is 1. The van der Waals surface area contributed by atoms with Gasteiger partial charge in [0.25, 0.3) is 0 Å². The Kier molecular flexibility index (Phi) is 5.87. The van der Waals surface area contributed by atoms with Crippen molar-refractivity contribution in [2.45, 2.75) is 26.2 Å². The number of rotatable bonds is 5. The van der Waals surface area contributed by atoms with Gasteiger partial charge in [-0.25, -0.2) is 0 Å². The molecular weight excluding hydrogens is 314 g/mol. The van der Waals surface area contributed by atoms with Gasteiger partial charge in [0, 0.05) is 23.2 Å². The quantitative estimate of drug-likeness (QED) is 0.894. The molecule has 0 bridgehead atoms.